The molecule has 4 rings (SSSR count). The molecule has 0 aliphatic heterocycles. The Morgan fingerprint density at radius 1 is 1.16 bits per heavy atom. The van der Waals surface area contributed by atoms with Gasteiger partial charge < -0.3 is 10.4 Å². The zero-order valence-electron chi connectivity index (χ0n) is 17.5. The van der Waals surface area contributed by atoms with E-state index < -0.39 is 6.04 Å². The van der Waals surface area contributed by atoms with E-state index in [0.717, 1.165) is 60.4 Å². The second kappa shape index (κ2) is 10.1. The van der Waals surface area contributed by atoms with Crippen molar-refractivity contribution >= 4 is 17.5 Å². The van der Waals surface area contributed by atoms with E-state index in [-0.39, 0.29) is 18.4 Å². The minimum absolute atomic E-state index is 0.167. The number of hydrogen-bond acceptors (Lipinski definition) is 3. The van der Waals surface area contributed by atoms with Gasteiger partial charge in [-0.1, -0.05) is 66.9 Å². The first-order chi connectivity index (χ1) is 15.2. The number of aromatic nitrogens is 2. The van der Waals surface area contributed by atoms with Crippen LogP contribution < -0.4 is 5.32 Å². The van der Waals surface area contributed by atoms with E-state index in [1.807, 2.05) is 48.5 Å². The molecule has 0 bridgehead atoms. The summed E-state index contributed by atoms with van der Waals surface area (Å²) in [4.78, 5) is 13.1. The quantitative estimate of drug-likeness (QED) is 0.509. The number of nitrogens with one attached hydrogen (secondary N) is 2. The largest absolute Gasteiger partial charge is 0.394 e. The van der Waals surface area contributed by atoms with Crippen molar-refractivity contribution in [3.8, 4) is 0 Å². The second-order valence-electron chi connectivity index (χ2n) is 8.21. The molecule has 6 heteroatoms. The Hall–Kier alpha value is -2.63. The van der Waals surface area contributed by atoms with Crippen molar-refractivity contribution in [2.24, 2.45) is 0 Å². The molecule has 0 radical (unpaired) electrons. The normalized spacial score (nSPS) is 17.3. The van der Waals surface area contributed by atoms with Crippen molar-refractivity contribution < 1.29 is 9.90 Å². The monoisotopic (exact) mass is 437 g/mol. The number of carbonyl (C=O) groups is 1. The fourth-order valence-corrected chi connectivity index (χ4v) is 4.68. The van der Waals surface area contributed by atoms with Gasteiger partial charge in [0.2, 0.25) is 0 Å². The molecule has 3 N–H and O–H groups in total. The third kappa shape index (κ3) is 5.17. The molecule has 2 atom stereocenters. The molecule has 0 saturated carbocycles. The standard InChI is InChI=1S/C25H28ClN3O2/c26-20-12-7-8-17(15-20)14-19-11-5-2-6-13-21-23(19)28-29-24(21)25(31)27-22(16-30)18-9-3-1-4-10-18/h1,3-4,7-10,12,15,19,22,30H,2,5-6,11,13-14,16H2,(H,27,31)(H,28,29)/t19-,22-/m1/s1. The fraction of sp³-hybridized carbons (Fsp3) is 0.360. The predicted octanol–water partition coefficient (Wildman–Crippen LogP) is 4.97. The summed E-state index contributed by atoms with van der Waals surface area (Å²) >= 11 is 6.19. The Kier molecular flexibility index (Phi) is 7.05. The van der Waals surface area contributed by atoms with Crippen LogP contribution in [0, 0.1) is 0 Å². The number of rotatable bonds is 6. The number of fused-ring (bicyclic) bond motifs is 1. The van der Waals surface area contributed by atoms with Crippen molar-refractivity contribution in [2.75, 3.05) is 6.61 Å². The first-order valence-corrected chi connectivity index (χ1v) is 11.3. The number of nitrogens with zero attached hydrogens (tertiary/aromatic N) is 1. The molecule has 2 aromatic carbocycles. The lowest BCUT2D eigenvalue weighted by Gasteiger charge is -2.21. The van der Waals surface area contributed by atoms with Gasteiger partial charge in [0.25, 0.3) is 5.91 Å². The molecule has 1 aromatic heterocycles. The average molecular weight is 438 g/mol. The number of H-pyrrole nitrogens is 1. The number of carbonyl (C=O) groups excluding carboxylic acids is 1. The number of hydrogen-bond donors (Lipinski definition) is 3. The summed E-state index contributed by atoms with van der Waals surface area (Å²) in [6.07, 6.45) is 6.08. The minimum atomic E-state index is -0.461. The van der Waals surface area contributed by atoms with E-state index in [1.54, 1.807) is 0 Å². The van der Waals surface area contributed by atoms with Gasteiger partial charge in [-0.3, -0.25) is 9.89 Å². The summed E-state index contributed by atoms with van der Waals surface area (Å²) < 4.78 is 0. The van der Waals surface area contributed by atoms with Gasteiger partial charge >= 0.3 is 0 Å². The van der Waals surface area contributed by atoms with E-state index in [9.17, 15) is 9.90 Å². The van der Waals surface area contributed by atoms with Gasteiger partial charge in [0, 0.05) is 22.2 Å². The lowest BCUT2D eigenvalue weighted by molar-refractivity contribution is 0.0910. The van der Waals surface area contributed by atoms with Crippen LogP contribution in [-0.4, -0.2) is 27.8 Å². The zero-order chi connectivity index (χ0) is 21.6. The summed E-state index contributed by atoms with van der Waals surface area (Å²) in [5.74, 6) is 0.0214. The average Bonchev–Trinajstić information content (AvgIpc) is 3.18. The van der Waals surface area contributed by atoms with Gasteiger partial charge in [-0.2, -0.15) is 5.10 Å². The van der Waals surface area contributed by atoms with Gasteiger partial charge in [-0.05, 0) is 48.9 Å². The lowest BCUT2D eigenvalue weighted by atomic mass is 9.85. The van der Waals surface area contributed by atoms with E-state index >= 15 is 0 Å². The summed E-state index contributed by atoms with van der Waals surface area (Å²) in [5, 5.41) is 21.1. The van der Waals surface area contributed by atoms with Gasteiger partial charge in [0.15, 0.2) is 5.69 Å². The SMILES string of the molecule is O=C(N[C@H](CO)c1ccccc1)c1n[nH]c2c1CCCCC[C@@H]2Cc1cccc(Cl)c1. The summed E-state index contributed by atoms with van der Waals surface area (Å²) in [6, 6.07) is 17.0. The van der Waals surface area contributed by atoms with E-state index in [0.29, 0.717) is 5.69 Å². The van der Waals surface area contributed by atoms with Crippen molar-refractivity contribution in [3.63, 3.8) is 0 Å². The Morgan fingerprint density at radius 2 is 2.00 bits per heavy atom. The van der Waals surface area contributed by atoms with Crippen molar-refractivity contribution in [1.29, 1.82) is 0 Å². The first kappa shape index (κ1) is 21.6. The lowest BCUT2D eigenvalue weighted by Crippen LogP contribution is -2.31. The van der Waals surface area contributed by atoms with Gasteiger partial charge in [-0.25, -0.2) is 0 Å². The third-order valence-corrected chi connectivity index (χ3v) is 6.30. The maximum atomic E-state index is 13.1. The predicted molar refractivity (Wildman–Crippen MR) is 122 cm³/mol. The van der Waals surface area contributed by atoms with E-state index in [2.05, 4.69) is 21.6 Å². The Balaban J connectivity index is 1.58. The molecule has 0 saturated heterocycles. The van der Waals surface area contributed by atoms with Crippen LogP contribution in [0.3, 0.4) is 0 Å². The highest BCUT2D eigenvalue weighted by Gasteiger charge is 2.27. The Bertz CT molecular complexity index is 1020. The van der Waals surface area contributed by atoms with Crippen LogP contribution in [-0.2, 0) is 12.8 Å². The molecule has 3 aromatic rings. The topological polar surface area (TPSA) is 78.0 Å². The third-order valence-electron chi connectivity index (χ3n) is 6.06. The Morgan fingerprint density at radius 3 is 2.77 bits per heavy atom. The molecule has 0 fully saturated rings. The number of benzene rings is 2. The molecule has 0 spiro atoms. The van der Waals surface area contributed by atoms with Crippen LogP contribution in [0.25, 0.3) is 0 Å². The number of aromatic amines is 1. The van der Waals surface area contributed by atoms with Crippen LogP contribution in [0.2, 0.25) is 5.02 Å². The van der Waals surface area contributed by atoms with E-state index in [1.165, 1.54) is 5.56 Å². The highest BCUT2D eigenvalue weighted by atomic mass is 35.5. The molecule has 0 unspecified atom stereocenters. The smallest absolute Gasteiger partial charge is 0.272 e. The molecule has 1 aliphatic carbocycles. The summed E-state index contributed by atoms with van der Waals surface area (Å²) in [6.45, 7) is -0.167. The Labute approximate surface area is 187 Å². The van der Waals surface area contributed by atoms with Crippen LogP contribution in [0.15, 0.2) is 54.6 Å². The zero-order valence-corrected chi connectivity index (χ0v) is 18.2. The van der Waals surface area contributed by atoms with Crippen LogP contribution >= 0.6 is 11.6 Å². The second-order valence-corrected chi connectivity index (χ2v) is 8.65. The molecule has 1 heterocycles. The van der Waals surface area contributed by atoms with Gasteiger partial charge in [-0.15, -0.1) is 0 Å². The number of aliphatic hydroxyl groups is 1. The maximum absolute atomic E-state index is 13.1. The molecular weight excluding hydrogens is 410 g/mol. The highest BCUT2D eigenvalue weighted by molar-refractivity contribution is 6.30. The van der Waals surface area contributed by atoms with Crippen molar-refractivity contribution in [1.82, 2.24) is 15.5 Å². The van der Waals surface area contributed by atoms with Crippen molar-refractivity contribution in [2.45, 2.75) is 50.5 Å². The maximum Gasteiger partial charge on any atom is 0.272 e. The molecule has 5 nitrogen and oxygen atoms in total. The number of amides is 1. The number of halogens is 1. The van der Waals surface area contributed by atoms with Gasteiger partial charge in [0.1, 0.15) is 0 Å². The highest BCUT2D eigenvalue weighted by Crippen LogP contribution is 2.33. The summed E-state index contributed by atoms with van der Waals surface area (Å²) in [5.41, 5.74) is 4.58. The molecule has 1 aliphatic rings. The van der Waals surface area contributed by atoms with Gasteiger partial charge in [0.05, 0.1) is 12.6 Å². The molecule has 31 heavy (non-hydrogen) atoms. The fourth-order valence-electron chi connectivity index (χ4n) is 4.47. The molecular formula is C25H28ClN3O2. The van der Waals surface area contributed by atoms with Crippen LogP contribution in [0.4, 0.5) is 0 Å². The van der Waals surface area contributed by atoms with Crippen molar-refractivity contribution in [3.05, 3.63) is 87.7 Å². The first-order valence-electron chi connectivity index (χ1n) is 10.9. The molecule has 1 amide bonds. The summed E-state index contributed by atoms with van der Waals surface area (Å²) in [7, 11) is 0. The van der Waals surface area contributed by atoms with Crippen LogP contribution in [0.1, 0.15) is 70.5 Å². The molecule has 162 valence electrons. The number of aliphatic hydroxyl groups excluding tert-OH is 1. The van der Waals surface area contributed by atoms with E-state index in [4.69, 9.17) is 11.6 Å². The van der Waals surface area contributed by atoms with Crippen LogP contribution in [0.5, 0.6) is 0 Å². The minimum Gasteiger partial charge on any atom is -0.394 e.